The molecule has 0 saturated heterocycles. The summed E-state index contributed by atoms with van der Waals surface area (Å²) < 4.78 is 7.57. The van der Waals surface area contributed by atoms with E-state index in [-0.39, 0.29) is 5.56 Å². The zero-order valence-corrected chi connectivity index (χ0v) is 16.7. The summed E-state index contributed by atoms with van der Waals surface area (Å²) in [6.07, 6.45) is 3.31. The number of nitrogens with one attached hydrogen (secondary N) is 1. The number of benzene rings is 2. The fourth-order valence-electron chi connectivity index (χ4n) is 2.93. The lowest BCUT2D eigenvalue weighted by Crippen LogP contribution is -2.24. The second-order valence-electron chi connectivity index (χ2n) is 6.15. The Morgan fingerprint density at radius 3 is 2.68 bits per heavy atom. The average Bonchev–Trinajstić information content (AvgIpc) is 2.74. The Morgan fingerprint density at radius 1 is 1.14 bits per heavy atom. The van der Waals surface area contributed by atoms with E-state index < -0.39 is 0 Å². The lowest BCUT2D eigenvalue weighted by molar-refractivity contribution is 0.414. The van der Waals surface area contributed by atoms with E-state index in [1.807, 2.05) is 42.5 Å². The van der Waals surface area contributed by atoms with Crippen molar-refractivity contribution in [3.05, 3.63) is 87.4 Å². The number of rotatable bonds is 5. The summed E-state index contributed by atoms with van der Waals surface area (Å²) in [5.41, 5.74) is 2.17. The highest BCUT2D eigenvalue weighted by Crippen LogP contribution is 2.20. The fourth-order valence-corrected chi connectivity index (χ4v) is 3.29. The minimum Gasteiger partial charge on any atom is -0.497 e. The number of methoxy groups -OCH3 is 1. The smallest absolute Gasteiger partial charge is 0.267 e. The van der Waals surface area contributed by atoms with E-state index in [4.69, 9.17) is 4.74 Å². The fraction of sp³-hybridized carbons (Fsp3) is 0.0952. The van der Waals surface area contributed by atoms with Crippen LogP contribution in [0.5, 0.6) is 5.75 Å². The monoisotopic (exact) mass is 436 g/mol. The Morgan fingerprint density at radius 2 is 1.96 bits per heavy atom. The molecule has 0 bridgehead atoms. The van der Waals surface area contributed by atoms with E-state index in [1.165, 1.54) is 0 Å². The number of ether oxygens (including phenoxy) is 1. The second kappa shape index (κ2) is 7.82. The molecule has 6 nitrogen and oxygen atoms in total. The highest BCUT2D eigenvalue weighted by Gasteiger charge is 2.13. The van der Waals surface area contributed by atoms with Gasteiger partial charge in [-0.05, 0) is 48.0 Å². The number of pyridine rings is 1. The van der Waals surface area contributed by atoms with Gasteiger partial charge in [0.05, 0.1) is 29.9 Å². The lowest BCUT2D eigenvalue weighted by atomic mass is 10.2. The van der Waals surface area contributed by atoms with Crippen LogP contribution in [0, 0.1) is 0 Å². The molecule has 0 atom stereocenters. The number of fused-ring (bicyclic) bond motifs is 1. The van der Waals surface area contributed by atoms with Crippen molar-refractivity contribution in [2.45, 2.75) is 6.54 Å². The Kier molecular flexibility index (Phi) is 5.08. The minimum absolute atomic E-state index is 0.156. The van der Waals surface area contributed by atoms with Gasteiger partial charge in [0.15, 0.2) is 0 Å². The van der Waals surface area contributed by atoms with Crippen molar-refractivity contribution in [3.63, 3.8) is 0 Å². The molecule has 140 valence electrons. The van der Waals surface area contributed by atoms with Crippen molar-refractivity contribution in [3.8, 4) is 11.4 Å². The minimum atomic E-state index is -0.156. The number of nitrogens with zero attached hydrogens (tertiary/aromatic N) is 3. The van der Waals surface area contributed by atoms with Crippen LogP contribution in [0.25, 0.3) is 16.6 Å². The van der Waals surface area contributed by atoms with Gasteiger partial charge in [0.25, 0.3) is 5.56 Å². The third-order valence-electron chi connectivity index (χ3n) is 4.34. The molecule has 1 N–H and O–H groups in total. The van der Waals surface area contributed by atoms with Crippen LogP contribution in [-0.4, -0.2) is 21.6 Å². The van der Waals surface area contributed by atoms with Gasteiger partial charge < -0.3 is 10.1 Å². The van der Waals surface area contributed by atoms with Crippen LogP contribution in [0.4, 0.5) is 5.95 Å². The van der Waals surface area contributed by atoms with Gasteiger partial charge in [-0.15, -0.1) is 0 Å². The molecule has 0 fully saturated rings. The van der Waals surface area contributed by atoms with Gasteiger partial charge in [0.2, 0.25) is 5.95 Å². The highest BCUT2D eigenvalue weighted by molar-refractivity contribution is 9.10. The first-order chi connectivity index (χ1) is 13.7. The van der Waals surface area contributed by atoms with Crippen molar-refractivity contribution < 1.29 is 4.74 Å². The number of halogens is 1. The SMILES string of the molecule is COc1ccc(CNc2nc3ccc(Br)cc3c(=O)n2-c2cccnc2)cc1. The lowest BCUT2D eigenvalue weighted by Gasteiger charge is -2.15. The Bertz CT molecular complexity index is 1170. The molecule has 0 aliphatic carbocycles. The van der Waals surface area contributed by atoms with Gasteiger partial charge in [-0.1, -0.05) is 28.1 Å². The summed E-state index contributed by atoms with van der Waals surface area (Å²) in [6.45, 7) is 0.513. The second-order valence-corrected chi connectivity index (χ2v) is 7.07. The van der Waals surface area contributed by atoms with Crippen LogP contribution in [0.15, 0.2) is 76.3 Å². The highest BCUT2D eigenvalue weighted by atomic mass is 79.9. The normalized spacial score (nSPS) is 10.8. The molecule has 2 aromatic carbocycles. The molecule has 4 rings (SSSR count). The number of aromatic nitrogens is 3. The van der Waals surface area contributed by atoms with Crippen molar-refractivity contribution in [2.75, 3.05) is 12.4 Å². The van der Waals surface area contributed by atoms with Gasteiger partial charge in [-0.3, -0.25) is 9.78 Å². The zero-order valence-electron chi connectivity index (χ0n) is 15.1. The van der Waals surface area contributed by atoms with Gasteiger partial charge in [-0.2, -0.15) is 0 Å². The maximum atomic E-state index is 13.2. The van der Waals surface area contributed by atoms with Crippen molar-refractivity contribution >= 4 is 32.8 Å². The van der Waals surface area contributed by atoms with Gasteiger partial charge in [0.1, 0.15) is 5.75 Å². The topological polar surface area (TPSA) is 69.0 Å². The summed E-state index contributed by atoms with van der Waals surface area (Å²) in [6, 6.07) is 16.8. The van der Waals surface area contributed by atoms with Crippen LogP contribution >= 0.6 is 15.9 Å². The quantitative estimate of drug-likeness (QED) is 0.508. The first-order valence-corrected chi connectivity index (χ1v) is 9.44. The molecule has 0 aliphatic heterocycles. The maximum Gasteiger partial charge on any atom is 0.267 e. The van der Waals surface area contributed by atoms with E-state index in [9.17, 15) is 4.79 Å². The molecule has 0 radical (unpaired) electrons. The van der Waals surface area contributed by atoms with Crippen molar-refractivity contribution in [2.24, 2.45) is 0 Å². The van der Waals surface area contributed by atoms with Crippen LogP contribution in [0.3, 0.4) is 0 Å². The third kappa shape index (κ3) is 3.61. The van der Waals surface area contributed by atoms with E-state index in [1.54, 1.807) is 36.2 Å². The predicted octanol–water partition coefficient (Wildman–Crippen LogP) is 4.16. The molecule has 0 unspecified atom stereocenters. The molecule has 0 saturated carbocycles. The van der Waals surface area contributed by atoms with Crippen LogP contribution in [-0.2, 0) is 6.54 Å². The molecule has 4 aromatic rings. The molecular formula is C21H17BrN4O2. The summed E-state index contributed by atoms with van der Waals surface area (Å²) in [5, 5.41) is 3.82. The molecular weight excluding hydrogens is 420 g/mol. The Balaban J connectivity index is 1.79. The van der Waals surface area contributed by atoms with Crippen molar-refractivity contribution in [1.29, 1.82) is 0 Å². The molecule has 7 heteroatoms. The van der Waals surface area contributed by atoms with Crippen LogP contribution < -0.4 is 15.6 Å². The average molecular weight is 437 g/mol. The molecule has 2 heterocycles. The first-order valence-electron chi connectivity index (χ1n) is 8.65. The van der Waals surface area contributed by atoms with Gasteiger partial charge >= 0.3 is 0 Å². The third-order valence-corrected chi connectivity index (χ3v) is 4.84. The summed E-state index contributed by atoms with van der Waals surface area (Å²) >= 11 is 3.42. The zero-order chi connectivity index (χ0) is 19.5. The largest absolute Gasteiger partial charge is 0.497 e. The summed E-state index contributed by atoms with van der Waals surface area (Å²) in [7, 11) is 1.64. The number of hydrogen-bond donors (Lipinski definition) is 1. The number of hydrogen-bond acceptors (Lipinski definition) is 5. The van der Waals surface area contributed by atoms with Gasteiger partial charge in [-0.25, -0.2) is 9.55 Å². The summed E-state index contributed by atoms with van der Waals surface area (Å²) in [4.78, 5) is 22.0. The molecule has 0 spiro atoms. The standard InChI is InChI=1S/C21H17BrN4O2/c1-28-17-7-4-14(5-8-17)12-24-21-25-19-9-6-15(22)11-18(19)20(27)26(21)16-3-2-10-23-13-16/h2-11,13H,12H2,1H3,(H,24,25). The van der Waals surface area contributed by atoms with Crippen LogP contribution in [0.1, 0.15) is 5.56 Å². The molecule has 0 aliphatic rings. The molecule has 2 aromatic heterocycles. The van der Waals surface area contributed by atoms with Crippen molar-refractivity contribution in [1.82, 2.24) is 14.5 Å². The number of anilines is 1. The molecule has 28 heavy (non-hydrogen) atoms. The maximum absolute atomic E-state index is 13.2. The first kappa shape index (κ1) is 18.2. The van der Waals surface area contributed by atoms with Crippen LogP contribution in [0.2, 0.25) is 0 Å². The Hall–Kier alpha value is -3.19. The Labute approximate surface area is 170 Å². The van der Waals surface area contributed by atoms with E-state index in [2.05, 4.69) is 31.2 Å². The summed E-state index contributed by atoms with van der Waals surface area (Å²) in [5.74, 6) is 1.26. The van der Waals surface area contributed by atoms with E-state index in [0.29, 0.717) is 29.1 Å². The van der Waals surface area contributed by atoms with E-state index in [0.717, 1.165) is 15.8 Å². The molecule has 0 amide bonds. The van der Waals surface area contributed by atoms with E-state index >= 15 is 0 Å². The van der Waals surface area contributed by atoms with Gasteiger partial charge in [0, 0.05) is 17.2 Å². The predicted molar refractivity (Wildman–Crippen MR) is 113 cm³/mol.